The third kappa shape index (κ3) is 7.32. The van der Waals surface area contributed by atoms with Crippen molar-refractivity contribution >= 4 is 17.8 Å². The number of ether oxygens (including phenoxy) is 1. The van der Waals surface area contributed by atoms with Crippen molar-refractivity contribution in [2.75, 3.05) is 18.9 Å². The van der Waals surface area contributed by atoms with E-state index in [-0.39, 0.29) is 0 Å². The summed E-state index contributed by atoms with van der Waals surface area (Å²) in [5.74, 6) is 1.73. The molecule has 5 nitrogen and oxygen atoms in total. The number of hydrogen-bond acceptors (Lipinski definition) is 5. The zero-order valence-electron chi connectivity index (χ0n) is 11.0. The highest BCUT2D eigenvalue weighted by Crippen LogP contribution is 2.08. The smallest absolute Gasteiger partial charge is 0.298 e. The molecular formula is C13H18N4OS. The van der Waals surface area contributed by atoms with Crippen molar-refractivity contribution in [2.45, 2.75) is 19.1 Å². The Hall–Kier alpha value is -1.74. The Balaban J connectivity index is 2.21. The van der Waals surface area contributed by atoms with E-state index in [4.69, 9.17) is 10.00 Å². The quantitative estimate of drug-likeness (QED) is 0.272. The molecule has 0 aliphatic heterocycles. The molecule has 1 aromatic rings. The Morgan fingerprint density at radius 1 is 1.58 bits per heavy atom. The van der Waals surface area contributed by atoms with Crippen LogP contribution in [0.25, 0.3) is 0 Å². The van der Waals surface area contributed by atoms with Crippen molar-refractivity contribution in [1.82, 2.24) is 10.3 Å². The van der Waals surface area contributed by atoms with Crippen LogP contribution in [0.1, 0.15) is 19.0 Å². The molecule has 0 radical (unpaired) electrons. The molecule has 1 aromatic heterocycles. The summed E-state index contributed by atoms with van der Waals surface area (Å²) in [5, 5.41) is 11.0. The van der Waals surface area contributed by atoms with Crippen LogP contribution in [-0.4, -0.2) is 29.9 Å². The lowest BCUT2D eigenvalue weighted by atomic mass is 10.4. The number of aliphatic imine (C=N–C) groups is 1. The number of pyridine rings is 1. The van der Waals surface area contributed by atoms with Gasteiger partial charge in [0.15, 0.2) is 6.19 Å². The molecule has 0 bridgehead atoms. The third-order valence-electron chi connectivity index (χ3n) is 2.07. The van der Waals surface area contributed by atoms with E-state index >= 15 is 0 Å². The summed E-state index contributed by atoms with van der Waals surface area (Å²) in [6, 6.07) is 6.20. The summed E-state index contributed by atoms with van der Waals surface area (Å²) in [6.45, 7) is 3.19. The Morgan fingerprint density at radius 2 is 2.47 bits per heavy atom. The van der Waals surface area contributed by atoms with E-state index in [0.29, 0.717) is 19.2 Å². The molecule has 0 spiro atoms. The molecule has 0 aliphatic carbocycles. The van der Waals surface area contributed by atoms with E-state index in [1.807, 2.05) is 31.3 Å². The largest absolute Gasteiger partial charge is 0.465 e. The minimum absolute atomic E-state index is 0.308. The van der Waals surface area contributed by atoms with Crippen molar-refractivity contribution in [2.24, 2.45) is 4.99 Å². The van der Waals surface area contributed by atoms with Gasteiger partial charge in [-0.05, 0) is 18.6 Å². The number of nitrogens with one attached hydrogen (secondary N) is 1. The zero-order valence-corrected chi connectivity index (χ0v) is 11.8. The monoisotopic (exact) mass is 278 g/mol. The highest BCUT2D eigenvalue weighted by Gasteiger charge is 1.98. The molecule has 0 aliphatic rings. The molecule has 0 unspecified atom stereocenters. The fourth-order valence-electron chi connectivity index (χ4n) is 1.24. The van der Waals surface area contributed by atoms with Crippen molar-refractivity contribution < 1.29 is 4.74 Å². The minimum atomic E-state index is 0.308. The topological polar surface area (TPSA) is 70.3 Å². The Labute approximate surface area is 118 Å². The molecule has 102 valence electrons. The molecule has 1 rings (SSSR count). The standard InChI is InChI=1S/C13H18N4OS/c1-2-8-18-13(17-11-14)16-7-9-19-10-12-5-3-4-6-15-12/h3-6H,2,7-10H2,1H3,(H,16,17). The number of amidine groups is 1. The summed E-state index contributed by atoms with van der Waals surface area (Å²) in [7, 11) is 0. The molecule has 0 amide bonds. The van der Waals surface area contributed by atoms with E-state index in [1.165, 1.54) is 0 Å². The van der Waals surface area contributed by atoms with Gasteiger partial charge in [-0.15, -0.1) is 0 Å². The lowest BCUT2D eigenvalue weighted by Crippen LogP contribution is -2.22. The third-order valence-corrected chi connectivity index (χ3v) is 3.04. The zero-order chi connectivity index (χ0) is 13.8. The minimum Gasteiger partial charge on any atom is -0.465 e. The van der Waals surface area contributed by atoms with E-state index in [1.54, 1.807) is 18.0 Å². The normalized spacial score (nSPS) is 10.8. The van der Waals surface area contributed by atoms with Crippen LogP contribution in [0.2, 0.25) is 0 Å². The van der Waals surface area contributed by atoms with Gasteiger partial charge in [0.1, 0.15) is 0 Å². The van der Waals surface area contributed by atoms with Crippen LogP contribution in [0, 0.1) is 11.5 Å². The molecule has 0 aromatic carbocycles. The number of nitrogens with zero attached hydrogens (tertiary/aromatic N) is 3. The molecule has 0 atom stereocenters. The molecule has 1 heterocycles. The average Bonchev–Trinajstić information content (AvgIpc) is 2.45. The first-order chi connectivity index (χ1) is 9.36. The molecule has 0 fully saturated rings. The van der Waals surface area contributed by atoms with E-state index in [2.05, 4.69) is 15.3 Å². The van der Waals surface area contributed by atoms with E-state index in [9.17, 15) is 0 Å². The van der Waals surface area contributed by atoms with Crippen LogP contribution in [0.3, 0.4) is 0 Å². The van der Waals surface area contributed by atoms with Crippen LogP contribution in [-0.2, 0) is 10.5 Å². The van der Waals surface area contributed by atoms with Gasteiger partial charge in [-0.25, -0.2) is 10.3 Å². The summed E-state index contributed by atoms with van der Waals surface area (Å²) >= 11 is 1.75. The number of nitriles is 1. The van der Waals surface area contributed by atoms with Gasteiger partial charge in [-0.3, -0.25) is 4.98 Å². The lowest BCUT2D eigenvalue weighted by molar-refractivity contribution is 0.293. The summed E-state index contributed by atoms with van der Waals surface area (Å²) < 4.78 is 5.29. The van der Waals surface area contributed by atoms with Crippen LogP contribution < -0.4 is 5.32 Å². The predicted molar refractivity (Wildman–Crippen MR) is 77.7 cm³/mol. The molecular weight excluding hydrogens is 260 g/mol. The van der Waals surface area contributed by atoms with E-state index in [0.717, 1.165) is 23.6 Å². The molecule has 19 heavy (non-hydrogen) atoms. The first kappa shape index (κ1) is 15.3. The predicted octanol–water partition coefficient (Wildman–Crippen LogP) is 2.17. The summed E-state index contributed by atoms with van der Waals surface area (Å²) in [5.41, 5.74) is 1.06. The molecule has 0 saturated heterocycles. The van der Waals surface area contributed by atoms with Gasteiger partial charge in [0.25, 0.3) is 6.02 Å². The lowest BCUT2D eigenvalue weighted by Gasteiger charge is -2.05. The van der Waals surface area contributed by atoms with Crippen molar-refractivity contribution in [3.05, 3.63) is 30.1 Å². The Kier molecular flexibility index (Phi) is 8.23. The SMILES string of the molecule is CCCOC(=NCCSCc1ccccn1)NC#N. The first-order valence-corrected chi connectivity index (χ1v) is 7.32. The molecule has 1 N–H and O–H groups in total. The maximum atomic E-state index is 8.55. The number of rotatable bonds is 7. The van der Waals surface area contributed by atoms with Gasteiger partial charge >= 0.3 is 0 Å². The Morgan fingerprint density at radius 3 is 3.16 bits per heavy atom. The molecule has 0 saturated carbocycles. The Bertz CT molecular complexity index is 416. The summed E-state index contributed by atoms with van der Waals surface area (Å²) in [4.78, 5) is 8.45. The van der Waals surface area contributed by atoms with Gasteiger partial charge in [0.05, 0.1) is 18.8 Å². The number of aromatic nitrogens is 1. The van der Waals surface area contributed by atoms with Gasteiger partial charge in [-0.2, -0.15) is 17.0 Å². The van der Waals surface area contributed by atoms with Crippen molar-refractivity contribution in [1.29, 1.82) is 5.26 Å². The molecule has 6 heteroatoms. The fraction of sp³-hybridized carbons (Fsp3) is 0.462. The average molecular weight is 278 g/mol. The maximum Gasteiger partial charge on any atom is 0.298 e. The van der Waals surface area contributed by atoms with Crippen LogP contribution in [0.15, 0.2) is 29.4 Å². The number of hydrogen-bond donors (Lipinski definition) is 1. The second kappa shape index (κ2) is 10.2. The fourth-order valence-corrected chi connectivity index (χ4v) is 1.98. The van der Waals surface area contributed by atoms with Gasteiger partial charge in [0.2, 0.25) is 0 Å². The van der Waals surface area contributed by atoms with Crippen molar-refractivity contribution in [3.63, 3.8) is 0 Å². The first-order valence-electron chi connectivity index (χ1n) is 6.16. The second-order valence-electron chi connectivity index (χ2n) is 3.65. The van der Waals surface area contributed by atoms with E-state index < -0.39 is 0 Å². The maximum absolute atomic E-state index is 8.55. The van der Waals surface area contributed by atoms with Gasteiger partial charge in [-0.1, -0.05) is 13.0 Å². The second-order valence-corrected chi connectivity index (χ2v) is 4.75. The van der Waals surface area contributed by atoms with Crippen LogP contribution in [0.5, 0.6) is 0 Å². The van der Waals surface area contributed by atoms with Crippen LogP contribution >= 0.6 is 11.8 Å². The van der Waals surface area contributed by atoms with Gasteiger partial charge in [0, 0.05) is 17.7 Å². The van der Waals surface area contributed by atoms with Gasteiger partial charge < -0.3 is 4.74 Å². The highest BCUT2D eigenvalue weighted by atomic mass is 32.2. The summed E-state index contributed by atoms with van der Waals surface area (Å²) in [6.07, 6.45) is 4.50. The van der Waals surface area contributed by atoms with Crippen LogP contribution in [0.4, 0.5) is 0 Å². The van der Waals surface area contributed by atoms with Crippen molar-refractivity contribution in [3.8, 4) is 6.19 Å². The highest BCUT2D eigenvalue weighted by molar-refractivity contribution is 7.98. The number of thioether (sulfide) groups is 1.